The SMILES string of the molecule is CCOC(=O)C[N+]1(C)CCC(C)CC1. The molecule has 3 heteroatoms. The van der Waals surface area contributed by atoms with Crippen LogP contribution in [-0.4, -0.2) is 43.7 Å². The highest BCUT2D eigenvalue weighted by Gasteiger charge is 2.30. The molecule has 1 rings (SSSR count). The number of piperidine rings is 1. The van der Waals surface area contributed by atoms with Crippen molar-refractivity contribution < 1.29 is 14.0 Å². The summed E-state index contributed by atoms with van der Waals surface area (Å²) in [6, 6.07) is 0. The molecule has 0 N–H and O–H groups in total. The number of esters is 1. The highest BCUT2D eigenvalue weighted by molar-refractivity contribution is 5.70. The Labute approximate surface area is 86.6 Å². The molecule has 0 bridgehead atoms. The molecule has 0 aromatic heterocycles. The van der Waals surface area contributed by atoms with Crippen LogP contribution in [0.25, 0.3) is 0 Å². The van der Waals surface area contributed by atoms with Crippen molar-refractivity contribution >= 4 is 5.97 Å². The summed E-state index contributed by atoms with van der Waals surface area (Å²) < 4.78 is 5.85. The molecule has 3 nitrogen and oxygen atoms in total. The lowest BCUT2D eigenvalue weighted by molar-refractivity contribution is -0.908. The van der Waals surface area contributed by atoms with E-state index >= 15 is 0 Å². The Balaban J connectivity index is 2.38. The summed E-state index contributed by atoms with van der Waals surface area (Å²) in [6.07, 6.45) is 2.46. The van der Waals surface area contributed by atoms with E-state index < -0.39 is 0 Å². The van der Waals surface area contributed by atoms with Crippen LogP contribution in [0.4, 0.5) is 0 Å². The van der Waals surface area contributed by atoms with Gasteiger partial charge in [-0.25, -0.2) is 4.79 Å². The Bertz CT molecular complexity index is 195. The van der Waals surface area contributed by atoms with Crippen molar-refractivity contribution in [3.63, 3.8) is 0 Å². The molecule has 0 aromatic carbocycles. The van der Waals surface area contributed by atoms with Crippen molar-refractivity contribution in [1.29, 1.82) is 0 Å². The van der Waals surface area contributed by atoms with Crippen LogP contribution in [0.15, 0.2) is 0 Å². The quantitative estimate of drug-likeness (QED) is 0.509. The van der Waals surface area contributed by atoms with Crippen molar-refractivity contribution in [2.75, 3.05) is 33.3 Å². The number of hydrogen-bond acceptors (Lipinski definition) is 2. The number of likely N-dealkylation sites (tertiary alicyclic amines) is 1. The summed E-state index contributed by atoms with van der Waals surface area (Å²) in [5.74, 6) is 0.771. The van der Waals surface area contributed by atoms with Crippen LogP contribution in [0.2, 0.25) is 0 Å². The molecule has 1 heterocycles. The average Bonchev–Trinajstić information content (AvgIpc) is 2.11. The molecule has 0 amide bonds. The van der Waals surface area contributed by atoms with E-state index in [0.717, 1.165) is 23.5 Å². The molecular formula is C11H22NO2+. The highest BCUT2D eigenvalue weighted by Crippen LogP contribution is 2.21. The lowest BCUT2D eigenvalue weighted by Gasteiger charge is -2.38. The second-order valence-electron chi connectivity index (χ2n) is 4.71. The van der Waals surface area contributed by atoms with E-state index in [1.54, 1.807) is 0 Å². The predicted octanol–water partition coefficient (Wildman–Crippen LogP) is 1.43. The molecular weight excluding hydrogens is 178 g/mol. The van der Waals surface area contributed by atoms with Crippen LogP contribution in [0.1, 0.15) is 26.7 Å². The summed E-state index contributed by atoms with van der Waals surface area (Å²) in [4.78, 5) is 11.4. The summed E-state index contributed by atoms with van der Waals surface area (Å²) >= 11 is 0. The first kappa shape index (κ1) is 11.5. The predicted molar refractivity (Wildman–Crippen MR) is 55.8 cm³/mol. The standard InChI is InChI=1S/C11H22NO2/c1-4-14-11(13)9-12(3)7-5-10(2)6-8-12/h10H,4-9H2,1-3H3/q+1. The third-order valence-corrected chi connectivity index (χ3v) is 3.14. The van der Waals surface area contributed by atoms with Crippen LogP contribution >= 0.6 is 0 Å². The van der Waals surface area contributed by atoms with Crippen molar-refractivity contribution in [2.45, 2.75) is 26.7 Å². The molecule has 0 unspecified atom stereocenters. The molecule has 1 saturated heterocycles. The van der Waals surface area contributed by atoms with Crippen molar-refractivity contribution in [3.05, 3.63) is 0 Å². The van der Waals surface area contributed by atoms with E-state index in [1.807, 2.05) is 6.92 Å². The number of carbonyl (C=O) groups excluding carboxylic acids is 1. The molecule has 0 radical (unpaired) electrons. The van der Waals surface area contributed by atoms with Gasteiger partial charge in [0.25, 0.3) is 0 Å². The molecule has 0 saturated carbocycles. The second-order valence-corrected chi connectivity index (χ2v) is 4.71. The fourth-order valence-corrected chi connectivity index (χ4v) is 2.00. The molecule has 14 heavy (non-hydrogen) atoms. The van der Waals surface area contributed by atoms with Gasteiger partial charge in [0.2, 0.25) is 0 Å². The van der Waals surface area contributed by atoms with Crippen LogP contribution < -0.4 is 0 Å². The highest BCUT2D eigenvalue weighted by atomic mass is 16.5. The van der Waals surface area contributed by atoms with E-state index in [0.29, 0.717) is 13.2 Å². The zero-order chi connectivity index (χ0) is 10.6. The van der Waals surface area contributed by atoms with Crippen LogP contribution in [0.3, 0.4) is 0 Å². The summed E-state index contributed by atoms with van der Waals surface area (Å²) in [6.45, 7) is 7.40. The van der Waals surface area contributed by atoms with Gasteiger partial charge in [-0.05, 0) is 25.7 Å². The first-order valence-electron chi connectivity index (χ1n) is 5.55. The van der Waals surface area contributed by atoms with Crippen LogP contribution in [-0.2, 0) is 9.53 Å². The lowest BCUT2D eigenvalue weighted by atomic mass is 9.97. The van der Waals surface area contributed by atoms with Crippen molar-refractivity contribution in [3.8, 4) is 0 Å². The molecule has 0 spiro atoms. The number of likely N-dealkylation sites (N-methyl/N-ethyl adjacent to an activating group) is 1. The van der Waals surface area contributed by atoms with E-state index in [9.17, 15) is 4.79 Å². The Morgan fingerprint density at radius 1 is 1.43 bits per heavy atom. The van der Waals surface area contributed by atoms with Crippen molar-refractivity contribution in [2.24, 2.45) is 5.92 Å². The minimum Gasteiger partial charge on any atom is -0.462 e. The Morgan fingerprint density at radius 2 is 2.00 bits per heavy atom. The van der Waals surface area contributed by atoms with Gasteiger partial charge in [0.15, 0.2) is 6.54 Å². The maximum atomic E-state index is 11.4. The topological polar surface area (TPSA) is 26.3 Å². The number of nitrogens with zero attached hydrogens (tertiary/aromatic N) is 1. The van der Waals surface area contributed by atoms with Gasteiger partial charge in [-0.2, -0.15) is 0 Å². The molecule has 82 valence electrons. The molecule has 1 aliphatic heterocycles. The number of hydrogen-bond donors (Lipinski definition) is 0. The first-order chi connectivity index (χ1) is 6.56. The smallest absolute Gasteiger partial charge is 0.361 e. The monoisotopic (exact) mass is 200 g/mol. The van der Waals surface area contributed by atoms with E-state index in [2.05, 4.69) is 14.0 Å². The number of carbonyl (C=O) groups is 1. The van der Waals surface area contributed by atoms with E-state index in [-0.39, 0.29) is 5.97 Å². The Hall–Kier alpha value is -0.570. The van der Waals surface area contributed by atoms with E-state index in [4.69, 9.17) is 4.74 Å². The van der Waals surface area contributed by atoms with E-state index in [1.165, 1.54) is 12.8 Å². The molecule has 0 atom stereocenters. The average molecular weight is 200 g/mol. The van der Waals surface area contributed by atoms with Gasteiger partial charge in [0.1, 0.15) is 0 Å². The van der Waals surface area contributed by atoms with Crippen LogP contribution in [0, 0.1) is 5.92 Å². The van der Waals surface area contributed by atoms with Gasteiger partial charge in [-0.15, -0.1) is 0 Å². The zero-order valence-electron chi connectivity index (χ0n) is 9.58. The zero-order valence-corrected chi connectivity index (χ0v) is 9.58. The van der Waals surface area contributed by atoms with Gasteiger partial charge in [-0.3, -0.25) is 0 Å². The van der Waals surface area contributed by atoms with Gasteiger partial charge in [0, 0.05) is 0 Å². The minimum atomic E-state index is -0.0513. The van der Waals surface area contributed by atoms with Gasteiger partial charge in [-0.1, -0.05) is 6.92 Å². The summed E-state index contributed by atoms with van der Waals surface area (Å²) in [5, 5.41) is 0. The number of rotatable bonds is 3. The molecule has 0 aromatic rings. The number of ether oxygens (including phenoxy) is 1. The third-order valence-electron chi connectivity index (χ3n) is 3.14. The molecule has 1 aliphatic rings. The van der Waals surface area contributed by atoms with Crippen molar-refractivity contribution in [1.82, 2.24) is 0 Å². The Morgan fingerprint density at radius 3 is 2.50 bits per heavy atom. The van der Waals surface area contributed by atoms with Crippen LogP contribution in [0.5, 0.6) is 0 Å². The first-order valence-corrected chi connectivity index (χ1v) is 5.55. The normalized spacial score (nSPS) is 32.6. The number of quaternary nitrogens is 1. The fraction of sp³-hybridized carbons (Fsp3) is 0.909. The Kier molecular flexibility index (Phi) is 3.93. The summed E-state index contributed by atoms with van der Waals surface area (Å²) in [5.41, 5.74) is 0. The maximum Gasteiger partial charge on any atom is 0.361 e. The van der Waals surface area contributed by atoms with Gasteiger partial charge in [0.05, 0.1) is 26.7 Å². The maximum absolute atomic E-state index is 11.4. The largest absolute Gasteiger partial charge is 0.462 e. The van der Waals surface area contributed by atoms with Gasteiger partial charge >= 0.3 is 5.97 Å². The minimum absolute atomic E-state index is 0.0513. The molecule has 0 aliphatic carbocycles. The lowest BCUT2D eigenvalue weighted by Crippen LogP contribution is -2.52. The summed E-state index contributed by atoms with van der Waals surface area (Å²) in [7, 11) is 2.16. The molecule has 1 fully saturated rings. The second kappa shape index (κ2) is 4.78. The fourth-order valence-electron chi connectivity index (χ4n) is 2.00. The third kappa shape index (κ3) is 3.29. The van der Waals surface area contributed by atoms with Gasteiger partial charge < -0.3 is 9.22 Å².